The Morgan fingerprint density at radius 2 is 1.72 bits per heavy atom. The van der Waals surface area contributed by atoms with Crippen LogP contribution in [0, 0.1) is 13.0 Å². The van der Waals surface area contributed by atoms with Gasteiger partial charge in [0.2, 0.25) is 0 Å². The number of fused-ring (bicyclic) bond motifs is 1. The van der Waals surface area contributed by atoms with Crippen molar-refractivity contribution in [3.05, 3.63) is 101 Å². The first kappa shape index (κ1) is 25.3. The third-order valence-corrected chi connectivity index (χ3v) is 7.99. The van der Waals surface area contributed by atoms with Gasteiger partial charge in [0.1, 0.15) is 24.0 Å². The van der Waals surface area contributed by atoms with Crippen molar-refractivity contribution in [3.63, 3.8) is 0 Å². The Bertz CT molecular complexity index is 1460. The van der Waals surface area contributed by atoms with Crippen LogP contribution < -0.4 is 10.3 Å². The molecule has 0 amide bonds. The summed E-state index contributed by atoms with van der Waals surface area (Å²) in [6.45, 7) is 0.350. The van der Waals surface area contributed by atoms with Gasteiger partial charge >= 0.3 is 0 Å². The maximum absolute atomic E-state index is 13.4. The smallest absolute Gasteiger partial charge is 0.282 e. The Morgan fingerprint density at radius 3 is 2.44 bits per heavy atom. The van der Waals surface area contributed by atoms with Crippen molar-refractivity contribution in [2.24, 2.45) is 5.10 Å². The van der Waals surface area contributed by atoms with Gasteiger partial charge in [-0.3, -0.25) is 4.79 Å². The SMILES string of the molecule is O=c1c2ccccc2nc(C2CCCCC2)n1N=Cc1cc(I)c(OCc2ccc(F)cc2)c(I)c1. The third kappa shape index (κ3) is 5.64. The number of hydrogen-bond acceptors (Lipinski definition) is 4. The van der Waals surface area contributed by atoms with Crippen molar-refractivity contribution in [2.75, 3.05) is 0 Å². The van der Waals surface area contributed by atoms with Crippen molar-refractivity contribution in [1.29, 1.82) is 0 Å². The summed E-state index contributed by atoms with van der Waals surface area (Å²) in [5.41, 5.74) is 2.35. The number of halogens is 3. The molecule has 0 unspecified atom stereocenters. The quantitative estimate of drug-likeness (QED) is 0.157. The fourth-order valence-corrected chi connectivity index (χ4v) is 6.66. The molecule has 0 N–H and O–H groups in total. The van der Waals surface area contributed by atoms with E-state index in [0.29, 0.717) is 12.0 Å². The van der Waals surface area contributed by atoms with E-state index in [0.717, 1.165) is 61.0 Å². The Labute approximate surface area is 236 Å². The number of para-hydroxylation sites is 1. The number of nitrogens with zero attached hydrogens (tertiary/aromatic N) is 3. The minimum absolute atomic E-state index is 0.138. The molecule has 4 aromatic rings. The molecule has 1 aliphatic rings. The van der Waals surface area contributed by atoms with Gasteiger partial charge < -0.3 is 4.74 Å². The zero-order valence-corrected chi connectivity index (χ0v) is 23.8. The summed E-state index contributed by atoms with van der Waals surface area (Å²) in [6.07, 6.45) is 7.29. The van der Waals surface area contributed by atoms with Crippen LogP contribution in [0.25, 0.3) is 10.9 Å². The molecule has 5 rings (SSSR count). The van der Waals surface area contributed by atoms with Gasteiger partial charge in [-0.15, -0.1) is 0 Å². The fourth-order valence-electron chi connectivity index (χ4n) is 4.53. The van der Waals surface area contributed by atoms with Crippen LogP contribution in [-0.4, -0.2) is 15.9 Å². The van der Waals surface area contributed by atoms with Crippen LogP contribution in [0.5, 0.6) is 5.75 Å². The molecule has 5 nitrogen and oxygen atoms in total. The maximum atomic E-state index is 13.4. The Kier molecular flexibility index (Phi) is 8.00. The van der Waals surface area contributed by atoms with Crippen molar-refractivity contribution >= 4 is 62.3 Å². The normalized spacial score (nSPS) is 14.5. The largest absolute Gasteiger partial charge is 0.487 e. The van der Waals surface area contributed by atoms with Crippen LogP contribution in [0.4, 0.5) is 4.39 Å². The topological polar surface area (TPSA) is 56.5 Å². The molecular formula is C28H24FI2N3O2. The molecule has 8 heteroatoms. The molecule has 1 saturated carbocycles. The second-order valence-electron chi connectivity index (χ2n) is 8.91. The van der Waals surface area contributed by atoms with Crippen LogP contribution in [-0.2, 0) is 6.61 Å². The molecule has 0 atom stereocenters. The zero-order chi connectivity index (χ0) is 25.1. The van der Waals surface area contributed by atoms with Crippen molar-refractivity contribution in [1.82, 2.24) is 9.66 Å². The van der Waals surface area contributed by atoms with Crippen LogP contribution in [0.2, 0.25) is 0 Å². The molecule has 0 aliphatic heterocycles. The highest BCUT2D eigenvalue weighted by molar-refractivity contribution is 14.1. The highest BCUT2D eigenvalue weighted by Crippen LogP contribution is 2.32. The van der Waals surface area contributed by atoms with Gasteiger partial charge in [-0.2, -0.15) is 9.78 Å². The second kappa shape index (κ2) is 11.4. The van der Waals surface area contributed by atoms with Crippen LogP contribution in [0.15, 0.2) is 70.6 Å². The highest BCUT2D eigenvalue weighted by atomic mass is 127. The number of aromatic nitrogens is 2. The average molecular weight is 707 g/mol. The highest BCUT2D eigenvalue weighted by Gasteiger charge is 2.22. The summed E-state index contributed by atoms with van der Waals surface area (Å²) in [6, 6.07) is 17.7. The van der Waals surface area contributed by atoms with Gasteiger partial charge in [-0.1, -0.05) is 43.5 Å². The minimum atomic E-state index is -0.265. The molecule has 0 radical (unpaired) electrons. The van der Waals surface area contributed by atoms with Crippen LogP contribution in [0.3, 0.4) is 0 Å². The van der Waals surface area contributed by atoms with E-state index in [1.165, 1.54) is 23.2 Å². The van der Waals surface area contributed by atoms with E-state index in [9.17, 15) is 9.18 Å². The first-order valence-electron chi connectivity index (χ1n) is 11.9. The second-order valence-corrected chi connectivity index (χ2v) is 11.2. The van der Waals surface area contributed by atoms with E-state index in [-0.39, 0.29) is 17.3 Å². The van der Waals surface area contributed by atoms with Gasteiger partial charge in [0, 0.05) is 5.92 Å². The standard InChI is InChI=1S/C28H24FI2N3O2/c29-21-12-10-18(11-13-21)17-36-26-23(30)14-19(15-24(26)31)16-32-34-27(20-6-2-1-3-7-20)33-25-9-5-4-8-22(25)28(34)35/h4-5,8-16,20H,1-3,6-7,17H2. The lowest BCUT2D eigenvalue weighted by Gasteiger charge is -2.22. The number of ether oxygens (including phenoxy) is 1. The summed E-state index contributed by atoms with van der Waals surface area (Å²) in [7, 11) is 0. The van der Waals surface area contributed by atoms with Crippen molar-refractivity contribution < 1.29 is 9.13 Å². The summed E-state index contributed by atoms with van der Waals surface area (Å²) < 4.78 is 22.6. The van der Waals surface area contributed by atoms with E-state index in [1.807, 2.05) is 30.3 Å². The molecule has 1 aliphatic carbocycles. The molecule has 1 fully saturated rings. The van der Waals surface area contributed by atoms with E-state index < -0.39 is 0 Å². The Hall–Kier alpha value is -2.34. The lowest BCUT2D eigenvalue weighted by molar-refractivity contribution is 0.301. The van der Waals surface area contributed by atoms with Crippen LogP contribution >= 0.6 is 45.2 Å². The summed E-state index contributed by atoms with van der Waals surface area (Å²) >= 11 is 4.48. The Morgan fingerprint density at radius 1 is 1.03 bits per heavy atom. The molecule has 0 bridgehead atoms. The molecule has 0 saturated heterocycles. The number of hydrogen-bond donors (Lipinski definition) is 0. The predicted molar refractivity (Wildman–Crippen MR) is 157 cm³/mol. The molecule has 3 aromatic carbocycles. The monoisotopic (exact) mass is 707 g/mol. The number of benzene rings is 3. The average Bonchev–Trinajstić information content (AvgIpc) is 2.89. The summed E-state index contributed by atoms with van der Waals surface area (Å²) in [5.74, 6) is 1.48. The van der Waals surface area contributed by atoms with Gasteiger partial charge in [0.25, 0.3) is 5.56 Å². The molecule has 0 spiro atoms. The first-order valence-corrected chi connectivity index (χ1v) is 14.1. The lowest BCUT2D eigenvalue weighted by atomic mass is 9.88. The Balaban J connectivity index is 1.45. The molecular weight excluding hydrogens is 683 g/mol. The number of rotatable bonds is 6. The van der Waals surface area contributed by atoms with E-state index in [2.05, 4.69) is 50.3 Å². The summed E-state index contributed by atoms with van der Waals surface area (Å²) in [4.78, 5) is 18.3. The minimum Gasteiger partial charge on any atom is -0.487 e. The van der Waals surface area contributed by atoms with Crippen LogP contribution in [0.1, 0.15) is 55.0 Å². The van der Waals surface area contributed by atoms with Gasteiger partial charge in [-0.05, 0) is 106 Å². The van der Waals surface area contributed by atoms with Gasteiger partial charge in [0.05, 0.1) is 24.3 Å². The summed E-state index contributed by atoms with van der Waals surface area (Å²) in [5, 5.41) is 5.22. The predicted octanol–water partition coefficient (Wildman–Crippen LogP) is 7.25. The fraction of sp³-hybridized carbons (Fsp3) is 0.250. The molecule has 1 heterocycles. The molecule has 184 valence electrons. The van der Waals surface area contributed by atoms with E-state index in [4.69, 9.17) is 9.72 Å². The van der Waals surface area contributed by atoms with E-state index in [1.54, 1.807) is 24.4 Å². The van der Waals surface area contributed by atoms with Gasteiger partial charge in [-0.25, -0.2) is 9.37 Å². The third-order valence-electron chi connectivity index (χ3n) is 6.39. The van der Waals surface area contributed by atoms with Gasteiger partial charge in [0.15, 0.2) is 0 Å². The van der Waals surface area contributed by atoms with E-state index >= 15 is 0 Å². The van der Waals surface area contributed by atoms with Crippen molar-refractivity contribution in [2.45, 2.75) is 44.6 Å². The van der Waals surface area contributed by atoms with Crippen molar-refractivity contribution in [3.8, 4) is 5.75 Å². The maximum Gasteiger partial charge on any atom is 0.282 e. The zero-order valence-electron chi connectivity index (χ0n) is 19.5. The molecule has 36 heavy (non-hydrogen) atoms. The first-order chi connectivity index (χ1) is 17.5. The molecule has 1 aromatic heterocycles. The lowest BCUT2D eigenvalue weighted by Crippen LogP contribution is -2.25.